The van der Waals surface area contributed by atoms with Crippen molar-refractivity contribution in [2.75, 3.05) is 11.9 Å². The first-order chi connectivity index (χ1) is 8.33. The molecular formula is C13H17N3O2. The van der Waals surface area contributed by atoms with Gasteiger partial charge in [0.05, 0.1) is 16.6 Å². The average Bonchev–Trinajstić information content (AvgIpc) is 2.27. The van der Waals surface area contributed by atoms with E-state index in [2.05, 4.69) is 26.1 Å². The molecule has 0 amide bonds. The highest BCUT2D eigenvalue weighted by Crippen LogP contribution is 2.26. The fraction of sp³-hybridized carbons (Fsp3) is 0.462. The molecule has 18 heavy (non-hydrogen) atoms. The van der Waals surface area contributed by atoms with Crippen molar-refractivity contribution in [2.45, 2.75) is 27.2 Å². The van der Waals surface area contributed by atoms with Gasteiger partial charge in [-0.1, -0.05) is 20.8 Å². The first-order valence-electron chi connectivity index (χ1n) is 5.76. The summed E-state index contributed by atoms with van der Waals surface area (Å²) in [4.78, 5) is 10.4. The Morgan fingerprint density at radius 2 is 2.11 bits per heavy atom. The Morgan fingerprint density at radius 3 is 2.61 bits per heavy atom. The first-order valence-corrected chi connectivity index (χ1v) is 5.76. The number of nitrogens with one attached hydrogen (secondary N) is 1. The predicted octanol–water partition coefficient (Wildman–Crippen LogP) is 3.31. The third kappa shape index (κ3) is 4.06. The number of benzene rings is 1. The Hall–Kier alpha value is -2.09. The van der Waals surface area contributed by atoms with Crippen molar-refractivity contribution in [1.82, 2.24) is 0 Å². The molecule has 1 aromatic carbocycles. The number of rotatable bonds is 4. The monoisotopic (exact) mass is 247 g/mol. The number of hydrogen-bond acceptors (Lipinski definition) is 4. The van der Waals surface area contributed by atoms with Gasteiger partial charge in [-0.2, -0.15) is 5.26 Å². The van der Waals surface area contributed by atoms with Gasteiger partial charge in [-0.25, -0.2) is 0 Å². The molecule has 0 aromatic heterocycles. The second-order valence-electron chi connectivity index (χ2n) is 5.34. The lowest BCUT2D eigenvalue weighted by Gasteiger charge is -2.18. The average molecular weight is 247 g/mol. The fourth-order valence-corrected chi connectivity index (χ4v) is 1.47. The van der Waals surface area contributed by atoms with Crippen LogP contribution in [0.3, 0.4) is 0 Å². The molecular weight excluding hydrogens is 230 g/mol. The van der Waals surface area contributed by atoms with Crippen LogP contribution in [0, 0.1) is 26.9 Å². The third-order valence-corrected chi connectivity index (χ3v) is 2.51. The van der Waals surface area contributed by atoms with E-state index in [4.69, 9.17) is 5.26 Å². The van der Waals surface area contributed by atoms with Gasteiger partial charge in [0.2, 0.25) is 0 Å². The molecule has 0 saturated carbocycles. The highest BCUT2D eigenvalue weighted by atomic mass is 16.6. The van der Waals surface area contributed by atoms with Crippen molar-refractivity contribution < 1.29 is 4.92 Å². The van der Waals surface area contributed by atoms with Crippen LogP contribution in [0.4, 0.5) is 11.4 Å². The summed E-state index contributed by atoms with van der Waals surface area (Å²) in [5.74, 6) is 0. The van der Waals surface area contributed by atoms with E-state index < -0.39 is 4.92 Å². The summed E-state index contributed by atoms with van der Waals surface area (Å²) >= 11 is 0. The Kier molecular flexibility index (Phi) is 4.27. The van der Waals surface area contributed by atoms with Gasteiger partial charge in [-0.3, -0.25) is 10.1 Å². The molecule has 0 aliphatic rings. The summed E-state index contributed by atoms with van der Waals surface area (Å²) in [5, 5.41) is 22.7. The molecule has 0 unspecified atom stereocenters. The van der Waals surface area contributed by atoms with Crippen LogP contribution >= 0.6 is 0 Å². The molecule has 0 aliphatic heterocycles. The Bertz CT molecular complexity index is 484. The van der Waals surface area contributed by atoms with Crippen molar-refractivity contribution in [2.24, 2.45) is 5.41 Å². The molecule has 5 nitrogen and oxygen atoms in total. The number of anilines is 1. The smallest absolute Gasteiger partial charge is 0.293 e. The molecule has 0 aliphatic carbocycles. The summed E-state index contributed by atoms with van der Waals surface area (Å²) in [6.07, 6.45) is 0.907. The Balaban J connectivity index is 2.83. The Labute approximate surface area is 107 Å². The van der Waals surface area contributed by atoms with Gasteiger partial charge in [0.25, 0.3) is 5.69 Å². The van der Waals surface area contributed by atoms with E-state index in [0.29, 0.717) is 17.8 Å². The zero-order chi connectivity index (χ0) is 13.8. The largest absolute Gasteiger partial charge is 0.379 e. The minimum absolute atomic E-state index is 0.0528. The maximum Gasteiger partial charge on any atom is 0.293 e. The lowest BCUT2D eigenvalue weighted by atomic mass is 9.92. The number of nitro benzene ring substituents is 1. The van der Waals surface area contributed by atoms with Crippen molar-refractivity contribution >= 4 is 11.4 Å². The van der Waals surface area contributed by atoms with Crippen LogP contribution in [0.5, 0.6) is 0 Å². The molecule has 0 atom stereocenters. The van der Waals surface area contributed by atoms with E-state index in [0.717, 1.165) is 6.42 Å². The van der Waals surface area contributed by atoms with Gasteiger partial charge in [0.15, 0.2) is 0 Å². The van der Waals surface area contributed by atoms with Crippen molar-refractivity contribution in [3.63, 3.8) is 0 Å². The molecule has 0 heterocycles. The van der Waals surface area contributed by atoms with Crippen LogP contribution in [-0.4, -0.2) is 11.5 Å². The Morgan fingerprint density at radius 1 is 1.44 bits per heavy atom. The molecule has 0 fully saturated rings. The molecule has 0 radical (unpaired) electrons. The van der Waals surface area contributed by atoms with E-state index in [1.54, 1.807) is 12.1 Å². The highest BCUT2D eigenvalue weighted by molar-refractivity contribution is 5.63. The topological polar surface area (TPSA) is 79.0 Å². The van der Waals surface area contributed by atoms with Crippen molar-refractivity contribution in [3.05, 3.63) is 33.9 Å². The summed E-state index contributed by atoms with van der Waals surface area (Å²) in [6.45, 7) is 7.00. The van der Waals surface area contributed by atoms with Crippen LogP contribution in [-0.2, 0) is 0 Å². The number of nitriles is 1. The molecule has 5 heteroatoms. The molecule has 1 rings (SSSR count). The van der Waals surface area contributed by atoms with Crippen LogP contribution in [0.25, 0.3) is 0 Å². The first kappa shape index (κ1) is 14.0. The summed E-state index contributed by atoms with van der Waals surface area (Å²) in [7, 11) is 0. The number of hydrogen-bond donors (Lipinski definition) is 1. The summed E-state index contributed by atoms with van der Waals surface area (Å²) in [6, 6.07) is 6.35. The lowest BCUT2D eigenvalue weighted by molar-refractivity contribution is -0.384. The van der Waals surface area contributed by atoms with Gasteiger partial charge < -0.3 is 5.32 Å². The molecule has 0 spiro atoms. The SMILES string of the molecule is CC(C)(C)CCNc1ccc(C#N)cc1[N+](=O)[O-]. The van der Waals surface area contributed by atoms with Gasteiger partial charge in [-0.05, 0) is 24.0 Å². The van der Waals surface area contributed by atoms with Gasteiger partial charge in [-0.15, -0.1) is 0 Å². The second kappa shape index (κ2) is 5.50. The summed E-state index contributed by atoms with van der Waals surface area (Å²) < 4.78 is 0. The van der Waals surface area contributed by atoms with E-state index in [-0.39, 0.29) is 11.1 Å². The van der Waals surface area contributed by atoms with Gasteiger partial charge in [0, 0.05) is 12.6 Å². The van der Waals surface area contributed by atoms with Crippen LogP contribution in [0.1, 0.15) is 32.8 Å². The second-order valence-corrected chi connectivity index (χ2v) is 5.34. The van der Waals surface area contributed by atoms with Crippen molar-refractivity contribution in [3.8, 4) is 6.07 Å². The van der Waals surface area contributed by atoms with Crippen LogP contribution in [0.15, 0.2) is 18.2 Å². The van der Waals surface area contributed by atoms with Gasteiger partial charge in [0.1, 0.15) is 5.69 Å². The lowest BCUT2D eigenvalue weighted by Crippen LogP contribution is -2.13. The fourth-order valence-electron chi connectivity index (χ4n) is 1.47. The molecule has 0 saturated heterocycles. The standard InChI is InChI=1S/C13H17N3O2/c1-13(2,3)6-7-15-11-5-4-10(9-14)8-12(11)16(17)18/h4-5,8,15H,6-7H2,1-3H3. The normalized spacial score (nSPS) is 10.8. The molecule has 1 aromatic rings. The van der Waals surface area contributed by atoms with E-state index >= 15 is 0 Å². The minimum Gasteiger partial charge on any atom is -0.379 e. The van der Waals surface area contributed by atoms with Crippen LogP contribution in [0.2, 0.25) is 0 Å². The molecule has 96 valence electrons. The number of nitro groups is 1. The third-order valence-electron chi connectivity index (χ3n) is 2.51. The predicted molar refractivity (Wildman–Crippen MR) is 70.4 cm³/mol. The zero-order valence-electron chi connectivity index (χ0n) is 10.9. The maximum absolute atomic E-state index is 10.9. The van der Waals surface area contributed by atoms with E-state index in [1.807, 2.05) is 6.07 Å². The van der Waals surface area contributed by atoms with Crippen molar-refractivity contribution in [1.29, 1.82) is 5.26 Å². The maximum atomic E-state index is 10.9. The number of nitrogens with zero attached hydrogens (tertiary/aromatic N) is 2. The molecule has 1 N–H and O–H groups in total. The van der Waals surface area contributed by atoms with Gasteiger partial charge >= 0.3 is 0 Å². The summed E-state index contributed by atoms with van der Waals surface area (Å²) in [5.41, 5.74) is 0.878. The van der Waals surface area contributed by atoms with E-state index in [9.17, 15) is 10.1 Å². The molecule has 0 bridgehead atoms. The van der Waals surface area contributed by atoms with Crippen LogP contribution < -0.4 is 5.32 Å². The zero-order valence-corrected chi connectivity index (χ0v) is 10.9. The highest BCUT2D eigenvalue weighted by Gasteiger charge is 2.15. The van der Waals surface area contributed by atoms with E-state index in [1.165, 1.54) is 6.07 Å². The quantitative estimate of drug-likeness (QED) is 0.653. The minimum atomic E-state index is -0.472.